The molecule has 2 amide bonds. The molecule has 0 heterocycles. The average molecular weight is 433 g/mol. The normalized spacial score (nSPS) is 10.7. The molecule has 3 aromatic carbocycles. The number of rotatable bonds is 12. The number of hydrogen-bond donors (Lipinski definition) is 4. The summed E-state index contributed by atoms with van der Waals surface area (Å²) in [7, 11) is 1.96. The molecule has 0 atom stereocenters. The second-order valence-corrected chi connectivity index (χ2v) is 7.88. The molecule has 3 aromatic rings. The van der Waals surface area contributed by atoms with Crippen molar-refractivity contribution in [2.24, 2.45) is 0 Å². The lowest BCUT2D eigenvalue weighted by Crippen LogP contribution is -2.30. The molecule has 6 heteroatoms. The second kappa shape index (κ2) is 12.5. The smallest absolute Gasteiger partial charge is 0.251 e. The molecule has 0 unspecified atom stereocenters. The third-order valence-electron chi connectivity index (χ3n) is 5.31. The van der Waals surface area contributed by atoms with E-state index in [4.69, 9.17) is 0 Å². The maximum atomic E-state index is 12.3. The van der Waals surface area contributed by atoms with Crippen molar-refractivity contribution in [3.8, 4) is 0 Å². The molecule has 0 radical (unpaired) electrons. The van der Waals surface area contributed by atoms with Crippen LogP contribution in [0.15, 0.2) is 66.7 Å². The molecule has 0 spiro atoms. The van der Waals surface area contributed by atoms with E-state index in [1.165, 1.54) is 6.42 Å². The summed E-state index contributed by atoms with van der Waals surface area (Å²) in [6, 6.07) is 21.2. The monoisotopic (exact) mass is 432 g/mol. The van der Waals surface area contributed by atoms with Crippen LogP contribution in [0.2, 0.25) is 0 Å². The van der Waals surface area contributed by atoms with E-state index >= 15 is 0 Å². The van der Waals surface area contributed by atoms with Gasteiger partial charge in [0.25, 0.3) is 5.91 Å². The van der Waals surface area contributed by atoms with Crippen LogP contribution in [-0.4, -0.2) is 32.0 Å². The van der Waals surface area contributed by atoms with Crippen LogP contribution in [0.3, 0.4) is 0 Å². The van der Waals surface area contributed by atoms with Crippen LogP contribution < -0.4 is 21.5 Å². The van der Waals surface area contributed by atoms with Gasteiger partial charge < -0.3 is 10.6 Å². The lowest BCUT2D eigenvalue weighted by atomic mass is 10.1. The summed E-state index contributed by atoms with van der Waals surface area (Å²) in [5.74, 6) is -0.205. The lowest BCUT2D eigenvalue weighted by Gasteiger charge is -2.10. The number of anilines is 1. The van der Waals surface area contributed by atoms with Crippen LogP contribution in [0.4, 0.5) is 5.69 Å². The Bertz CT molecular complexity index is 1020. The van der Waals surface area contributed by atoms with Gasteiger partial charge in [0.2, 0.25) is 5.91 Å². The molecule has 0 aromatic heterocycles. The van der Waals surface area contributed by atoms with Crippen molar-refractivity contribution in [3.63, 3.8) is 0 Å². The zero-order valence-electron chi connectivity index (χ0n) is 18.6. The highest BCUT2D eigenvalue weighted by molar-refractivity contribution is 5.94. The fraction of sp³-hybridized carbons (Fsp3) is 0.308. The summed E-state index contributed by atoms with van der Waals surface area (Å²) < 4.78 is 0. The van der Waals surface area contributed by atoms with Crippen molar-refractivity contribution in [3.05, 3.63) is 77.9 Å². The Labute approximate surface area is 189 Å². The molecule has 0 aliphatic heterocycles. The summed E-state index contributed by atoms with van der Waals surface area (Å²) in [6.45, 7) is 1.72. The number of hydrazine groups is 1. The van der Waals surface area contributed by atoms with Gasteiger partial charge in [-0.3, -0.25) is 20.4 Å². The highest BCUT2D eigenvalue weighted by Gasteiger charge is 2.06. The quantitative estimate of drug-likeness (QED) is 0.257. The Morgan fingerprint density at radius 2 is 1.50 bits per heavy atom. The van der Waals surface area contributed by atoms with E-state index in [9.17, 15) is 9.59 Å². The topological polar surface area (TPSA) is 82.3 Å². The first-order valence-electron chi connectivity index (χ1n) is 11.2. The number of carbonyl (C=O) groups excluding carboxylic acids is 2. The highest BCUT2D eigenvalue weighted by atomic mass is 16.2. The molecule has 0 aliphatic carbocycles. The SMILES string of the molecule is CNCCCCCCNC(=O)c1ccc(NNC(=O)Cc2ccc3ccccc3c2)cc1. The van der Waals surface area contributed by atoms with Crippen molar-refractivity contribution in [1.82, 2.24) is 16.1 Å². The molecule has 0 saturated heterocycles. The molecule has 0 aliphatic rings. The van der Waals surface area contributed by atoms with E-state index in [0.717, 1.165) is 47.8 Å². The molecule has 32 heavy (non-hydrogen) atoms. The molecule has 0 bridgehead atoms. The molecule has 3 rings (SSSR count). The van der Waals surface area contributed by atoms with Gasteiger partial charge in [0, 0.05) is 12.1 Å². The van der Waals surface area contributed by atoms with E-state index in [0.29, 0.717) is 12.1 Å². The van der Waals surface area contributed by atoms with Gasteiger partial charge in [0.15, 0.2) is 0 Å². The molecule has 0 fully saturated rings. The van der Waals surface area contributed by atoms with Crippen LogP contribution in [-0.2, 0) is 11.2 Å². The molecule has 168 valence electrons. The Kier molecular flexibility index (Phi) is 9.07. The van der Waals surface area contributed by atoms with E-state index in [1.807, 2.05) is 43.4 Å². The van der Waals surface area contributed by atoms with E-state index in [1.54, 1.807) is 24.3 Å². The third kappa shape index (κ3) is 7.39. The summed E-state index contributed by atoms with van der Waals surface area (Å²) in [4.78, 5) is 24.5. The van der Waals surface area contributed by atoms with Crippen LogP contribution in [0.1, 0.15) is 41.6 Å². The molecule has 6 nitrogen and oxygen atoms in total. The van der Waals surface area contributed by atoms with Gasteiger partial charge in [-0.05, 0) is 67.0 Å². The summed E-state index contributed by atoms with van der Waals surface area (Å²) >= 11 is 0. The number of nitrogens with one attached hydrogen (secondary N) is 4. The Morgan fingerprint density at radius 3 is 2.25 bits per heavy atom. The molecule has 4 N–H and O–H groups in total. The van der Waals surface area contributed by atoms with Gasteiger partial charge in [-0.25, -0.2) is 0 Å². The van der Waals surface area contributed by atoms with Gasteiger partial charge in [-0.1, -0.05) is 55.3 Å². The predicted molar refractivity (Wildman–Crippen MR) is 131 cm³/mol. The summed E-state index contributed by atoms with van der Waals surface area (Å²) in [5, 5.41) is 8.37. The predicted octanol–water partition coefficient (Wildman–Crippen LogP) is 4.04. The van der Waals surface area contributed by atoms with Gasteiger partial charge in [-0.2, -0.15) is 0 Å². The zero-order valence-corrected chi connectivity index (χ0v) is 18.6. The van der Waals surface area contributed by atoms with Crippen LogP contribution >= 0.6 is 0 Å². The van der Waals surface area contributed by atoms with Crippen molar-refractivity contribution >= 4 is 28.3 Å². The minimum Gasteiger partial charge on any atom is -0.352 e. The van der Waals surface area contributed by atoms with Crippen molar-refractivity contribution < 1.29 is 9.59 Å². The van der Waals surface area contributed by atoms with Gasteiger partial charge in [0.05, 0.1) is 12.1 Å². The van der Waals surface area contributed by atoms with Gasteiger partial charge >= 0.3 is 0 Å². The van der Waals surface area contributed by atoms with Crippen LogP contribution in [0.5, 0.6) is 0 Å². The number of carbonyl (C=O) groups is 2. The first kappa shape index (κ1) is 23.3. The maximum Gasteiger partial charge on any atom is 0.251 e. The number of amides is 2. The standard InChI is InChI=1S/C26H32N4O2/c1-27-16-6-2-3-7-17-28-26(32)22-12-14-24(15-13-22)29-30-25(31)19-20-10-11-21-8-4-5-9-23(21)18-20/h4-5,8-15,18,27,29H,2-3,6-7,16-17,19H2,1H3,(H,28,32)(H,30,31). The van der Waals surface area contributed by atoms with Crippen LogP contribution in [0, 0.1) is 0 Å². The van der Waals surface area contributed by atoms with Gasteiger partial charge in [-0.15, -0.1) is 0 Å². The first-order valence-corrected chi connectivity index (χ1v) is 11.2. The minimum atomic E-state index is -0.128. The molecule has 0 saturated carbocycles. The number of fused-ring (bicyclic) bond motifs is 1. The minimum absolute atomic E-state index is 0.0767. The maximum absolute atomic E-state index is 12.3. The summed E-state index contributed by atoms with van der Waals surface area (Å²) in [5.41, 5.74) is 7.90. The van der Waals surface area contributed by atoms with Crippen molar-refractivity contribution in [2.75, 3.05) is 25.6 Å². The first-order chi connectivity index (χ1) is 15.7. The zero-order chi connectivity index (χ0) is 22.6. The third-order valence-corrected chi connectivity index (χ3v) is 5.31. The average Bonchev–Trinajstić information content (AvgIpc) is 2.82. The Hall–Kier alpha value is -3.38. The van der Waals surface area contributed by atoms with Gasteiger partial charge in [0.1, 0.15) is 0 Å². The largest absolute Gasteiger partial charge is 0.352 e. The lowest BCUT2D eigenvalue weighted by molar-refractivity contribution is -0.119. The van der Waals surface area contributed by atoms with Crippen LogP contribution in [0.25, 0.3) is 10.8 Å². The molecular formula is C26H32N4O2. The number of unbranched alkanes of at least 4 members (excludes halogenated alkanes) is 3. The highest BCUT2D eigenvalue weighted by Crippen LogP contribution is 2.16. The Morgan fingerprint density at radius 1 is 0.781 bits per heavy atom. The fourth-order valence-corrected chi connectivity index (χ4v) is 3.51. The number of benzene rings is 3. The second-order valence-electron chi connectivity index (χ2n) is 7.88. The van der Waals surface area contributed by atoms with E-state index in [2.05, 4.69) is 27.6 Å². The van der Waals surface area contributed by atoms with Crippen molar-refractivity contribution in [1.29, 1.82) is 0 Å². The fourth-order valence-electron chi connectivity index (χ4n) is 3.51. The molecular weight excluding hydrogens is 400 g/mol. The Balaban J connectivity index is 1.39. The summed E-state index contributed by atoms with van der Waals surface area (Å²) in [6.07, 6.45) is 4.72. The van der Waals surface area contributed by atoms with E-state index in [-0.39, 0.29) is 18.2 Å². The van der Waals surface area contributed by atoms with Crippen molar-refractivity contribution in [2.45, 2.75) is 32.1 Å². The number of hydrogen-bond acceptors (Lipinski definition) is 4. The van der Waals surface area contributed by atoms with E-state index < -0.39 is 0 Å².